The summed E-state index contributed by atoms with van der Waals surface area (Å²) < 4.78 is 32.8. The van der Waals surface area contributed by atoms with Crippen molar-refractivity contribution in [1.82, 2.24) is 4.72 Å². The van der Waals surface area contributed by atoms with Crippen molar-refractivity contribution in [2.75, 3.05) is 18.1 Å². The zero-order valence-corrected chi connectivity index (χ0v) is 15.7. The Morgan fingerprint density at radius 3 is 2.58 bits per heavy atom. The number of anilines is 1. The molecule has 1 aliphatic rings. The summed E-state index contributed by atoms with van der Waals surface area (Å²) in [6.45, 7) is 4.82. The van der Waals surface area contributed by atoms with Gasteiger partial charge < -0.3 is 9.64 Å². The quantitative estimate of drug-likeness (QED) is 0.843. The summed E-state index contributed by atoms with van der Waals surface area (Å²) in [5.41, 5.74) is 2.84. The van der Waals surface area contributed by atoms with Gasteiger partial charge in [-0.25, -0.2) is 13.1 Å². The molecular formula is C19H22N2O4S. The molecule has 138 valence electrons. The van der Waals surface area contributed by atoms with Gasteiger partial charge in [0, 0.05) is 25.7 Å². The van der Waals surface area contributed by atoms with Crippen molar-refractivity contribution in [3.8, 4) is 5.75 Å². The van der Waals surface area contributed by atoms with Crippen molar-refractivity contribution < 1.29 is 17.9 Å². The standard InChI is InChI=1S/C19H22N2O4S/c1-3-25-17-5-7-18(8-6-17)26(23,24)20-13-15-4-9-19-16(12-15)10-11-21(19)14(2)22/h4-9,12,20H,3,10-11,13H2,1-2H3. The lowest BCUT2D eigenvalue weighted by atomic mass is 10.1. The lowest BCUT2D eigenvalue weighted by Crippen LogP contribution is -2.25. The molecule has 0 saturated carbocycles. The molecule has 1 N–H and O–H groups in total. The number of rotatable bonds is 6. The van der Waals surface area contributed by atoms with Crippen LogP contribution in [0.4, 0.5) is 5.69 Å². The Hall–Kier alpha value is -2.38. The second-order valence-corrected chi connectivity index (χ2v) is 7.88. The maximum atomic E-state index is 12.4. The molecule has 7 heteroatoms. The number of benzene rings is 2. The third kappa shape index (κ3) is 3.89. The zero-order chi connectivity index (χ0) is 18.7. The predicted molar refractivity (Wildman–Crippen MR) is 99.8 cm³/mol. The van der Waals surface area contributed by atoms with E-state index in [4.69, 9.17) is 4.74 Å². The van der Waals surface area contributed by atoms with Crippen LogP contribution in [0, 0.1) is 0 Å². The fraction of sp³-hybridized carbons (Fsp3) is 0.316. The molecule has 26 heavy (non-hydrogen) atoms. The van der Waals surface area contributed by atoms with E-state index in [2.05, 4.69) is 4.72 Å². The van der Waals surface area contributed by atoms with Crippen LogP contribution < -0.4 is 14.4 Å². The van der Waals surface area contributed by atoms with Crippen molar-refractivity contribution >= 4 is 21.6 Å². The molecule has 0 radical (unpaired) electrons. The van der Waals surface area contributed by atoms with Crippen LogP contribution in [-0.2, 0) is 27.8 Å². The third-order valence-corrected chi connectivity index (χ3v) is 5.75. The lowest BCUT2D eigenvalue weighted by Gasteiger charge is -2.15. The average molecular weight is 374 g/mol. The first kappa shape index (κ1) is 18.4. The number of nitrogens with one attached hydrogen (secondary N) is 1. The summed E-state index contributed by atoms with van der Waals surface area (Å²) in [5.74, 6) is 0.660. The number of ether oxygens (including phenoxy) is 1. The number of hydrogen-bond acceptors (Lipinski definition) is 4. The largest absolute Gasteiger partial charge is 0.494 e. The molecule has 3 rings (SSSR count). The fourth-order valence-electron chi connectivity index (χ4n) is 3.04. The highest BCUT2D eigenvalue weighted by Crippen LogP contribution is 2.29. The minimum absolute atomic E-state index is 0.0210. The maximum Gasteiger partial charge on any atom is 0.240 e. The molecule has 0 aromatic heterocycles. The zero-order valence-electron chi connectivity index (χ0n) is 14.9. The van der Waals surface area contributed by atoms with Gasteiger partial charge in [-0.3, -0.25) is 4.79 Å². The fourth-order valence-corrected chi connectivity index (χ4v) is 4.05. The summed E-state index contributed by atoms with van der Waals surface area (Å²) in [7, 11) is -3.60. The summed E-state index contributed by atoms with van der Waals surface area (Å²) in [4.78, 5) is 13.5. The van der Waals surface area contributed by atoms with E-state index >= 15 is 0 Å². The molecule has 0 atom stereocenters. The van der Waals surface area contributed by atoms with Gasteiger partial charge >= 0.3 is 0 Å². The molecule has 0 saturated heterocycles. The van der Waals surface area contributed by atoms with E-state index in [1.54, 1.807) is 24.0 Å². The van der Waals surface area contributed by atoms with Crippen molar-refractivity contribution in [3.63, 3.8) is 0 Å². The number of amides is 1. The highest BCUT2D eigenvalue weighted by atomic mass is 32.2. The summed E-state index contributed by atoms with van der Waals surface area (Å²) >= 11 is 0. The van der Waals surface area contributed by atoms with Gasteiger partial charge in [0.2, 0.25) is 15.9 Å². The third-order valence-electron chi connectivity index (χ3n) is 4.33. The van der Waals surface area contributed by atoms with Crippen LogP contribution in [0.3, 0.4) is 0 Å². The Balaban J connectivity index is 1.69. The molecule has 1 amide bonds. The van der Waals surface area contributed by atoms with Gasteiger partial charge in [0.15, 0.2) is 0 Å². The normalized spacial score (nSPS) is 13.5. The number of carbonyl (C=O) groups is 1. The second-order valence-electron chi connectivity index (χ2n) is 6.11. The SMILES string of the molecule is CCOc1ccc(S(=O)(=O)NCc2ccc3c(c2)CCN3C(C)=O)cc1. The first-order chi connectivity index (χ1) is 12.4. The van der Waals surface area contributed by atoms with E-state index in [1.807, 2.05) is 25.1 Å². The molecule has 1 aliphatic heterocycles. The summed E-state index contributed by atoms with van der Waals surface area (Å²) in [6, 6.07) is 12.0. The predicted octanol–water partition coefficient (Wildman–Crippen LogP) is 2.47. The van der Waals surface area contributed by atoms with Gasteiger partial charge in [0.25, 0.3) is 0 Å². The Kier molecular flexibility index (Phi) is 5.29. The number of sulfonamides is 1. The Bertz CT molecular complexity index is 908. The van der Waals surface area contributed by atoms with Crippen LogP contribution >= 0.6 is 0 Å². The molecule has 2 aromatic rings. The van der Waals surface area contributed by atoms with E-state index in [0.29, 0.717) is 18.9 Å². The molecule has 1 heterocycles. The summed E-state index contributed by atoms with van der Waals surface area (Å²) in [6.07, 6.45) is 0.786. The summed E-state index contributed by atoms with van der Waals surface area (Å²) in [5, 5.41) is 0. The van der Waals surface area contributed by atoms with Crippen LogP contribution in [0.1, 0.15) is 25.0 Å². The van der Waals surface area contributed by atoms with E-state index in [-0.39, 0.29) is 17.3 Å². The van der Waals surface area contributed by atoms with Crippen molar-refractivity contribution in [2.45, 2.75) is 31.7 Å². The van der Waals surface area contributed by atoms with Gasteiger partial charge in [-0.05, 0) is 54.8 Å². The molecular weight excluding hydrogens is 352 g/mol. The topological polar surface area (TPSA) is 75.7 Å². The van der Waals surface area contributed by atoms with Gasteiger partial charge in [-0.2, -0.15) is 0 Å². The molecule has 0 spiro atoms. The van der Waals surface area contributed by atoms with Crippen LogP contribution in [-0.4, -0.2) is 27.5 Å². The van der Waals surface area contributed by atoms with Gasteiger partial charge in [0.1, 0.15) is 5.75 Å². The minimum atomic E-state index is -3.60. The molecule has 6 nitrogen and oxygen atoms in total. The van der Waals surface area contributed by atoms with E-state index in [9.17, 15) is 13.2 Å². The lowest BCUT2D eigenvalue weighted by molar-refractivity contribution is -0.116. The molecule has 0 bridgehead atoms. The average Bonchev–Trinajstić information content (AvgIpc) is 3.04. The second kappa shape index (κ2) is 7.47. The van der Waals surface area contributed by atoms with Gasteiger partial charge in [0.05, 0.1) is 11.5 Å². The number of nitrogens with zero attached hydrogens (tertiary/aromatic N) is 1. The molecule has 0 unspecified atom stereocenters. The Morgan fingerprint density at radius 1 is 1.19 bits per heavy atom. The van der Waals surface area contributed by atoms with E-state index in [0.717, 1.165) is 23.2 Å². The Labute approximate surface area is 153 Å². The van der Waals surface area contributed by atoms with Crippen LogP contribution in [0.25, 0.3) is 0 Å². The molecule has 0 fully saturated rings. The first-order valence-electron chi connectivity index (χ1n) is 8.53. The highest BCUT2D eigenvalue weighted by Gasteiger charge is 2.22. The van der Waals surface area contributed by atoms with Crippen LogP contribution in [0.2, 0.25) is 0 Å². The Morgan fingerprint density at radius 2 is 1.92 bits per heavy atom. The number of fused-ring (bicyclic) bond motifs is 1. The minimum Gasteiger partial charge on any atom is -0.494 e. The van der Waals surface area contributed by atoms with Crippen molar-refractivity contribution in [3.05, 3.63) is 53.6 Å². The molecule has 2 aromatic carbocycles. The highest BCUT2D eigenvalue weighted by molar-refractivity contribution is 7.89. The molecule has 0 aliphatic carbocycles. The number of carbonyl (C=O) groups excluding carboxylic acids is 1. The van der Waals surface area contributed by atoms with E-state index in [1.165, 1.54) is 12.1 Å². The van der Waals surface area contributed by atoms with Gasteiger partial charge in [-0.15, -0.1) is 0 Å². The van der Waals surface area contributed by atoms with Crippen LogP contribution in [0.5, 0.6) is 5.75 Å². The van der Waals surface area contributed by atoms with Crippen molar-refractivity contribution in [2.24, 2.45) is 0 Å². The smallest absolute Gasteiger partial charge is 0.240 e. The van der Waals surface area contributed by atoms with Crippen LogP contribution in [0.15, 0.2) is 47.4 Å². The maximum absolute atomic E-state index is 12.4. The monoisotopic (exact) mass is 374 g/mol. The number of hydrogen-bond donors (Lipinski definition) is 1. The van der Waals surface area contributed by atoms with Crippen molar-refractivity contribution in [1.29, 1.82) is 0 Å². The van der Waals surface area contributed by atoms with Gasteiger partial charge in [-0.1, -0.05) is 12.1 Å². The van der Waals surface area contributed by atoms with E-state index < -0.39 is 10.0 Å². The first-order valence-corrected chi connectivity index (χ1v) is 10.0.